The van der Waals surface area contributed by atoms with Crippen LogP contribution in [0, 0.1) is 5.41 Å². The first-order chi connectivity index (χ1) is 10.9. The molecule has 130 valence electrons. The van der Waals surface area contributed by atoms with Crippen LogP contribution in [-0.2, 0) is 28.4 Å². The maximum atomic E-state index is 11.6. The molecule has 0 amide bonds. The normalized spacial score (nSPS) is 25.7. The molecule has 2 aliphatic heterocycles. The van der Waals surface area contributed by atoms with E-state index in [2.05, 4.69) is 14.7 Å². The van der Waals surface area contributed by atoms with Gasteiger partial charge in [-0.05, 0) is 37.8 Å². The lowest BCUT2D eigenvalue weighted by Crippen LogP contribution is -2.57. The van der Waals surface area contributed by atoms with Crippen molar-refractivity contribution in [2.75, 3.05) is 32.6 Å². The summed E-state index contributed by atoms with van der Waals surface area (Å²) in [5.74, 6) is 0. The van der Waals surface area contributed by atoms with Crippen LogP contribution < -0.4 is 4.72 Å². The number of hydrogen-bond donors (Lipinski definition) is 1. The summed E-state index contributed by atoms with van der Waals surface area (Å²) in [4.78, 5) is 2.43. The summed E-state index contributed by atoms with van der Waals surface area (Å²) in [6.07, 6.45) is 8.13. The summed E-state index contributed by atoms with van der Waals surface area (Å²) in [6, 6.07) is -0.105. The van der Waals surface area contributed by atoms with Crippen LogP contribution in [0.25, 0.3) is 0 Å². The van der Waals surface area contributed by atoms with E-state index in [1.54, 1.807) is 0 Å². The molecular weight excluding hydrogens is 316 g/mol. The predicted octanol–water partition coefficient (Wildman–Crippen LogP) is 0.340. The third-order valence-corrected chi connectivity index (χ3v) is 5.85. The molecule has 7 nitrogen and oxygen atoms in total. The van der Waals surface area contributed by atoms with Gasteiger partial charge < -0.3 is 4.74 Å². The topological polar surface area (TPSA) is 76.5 Å². The Balaban J connectivity index is 1.63. The molecule has 1 N–H and O–H groups in total. The van der Waals surface area contributed by atoms with Gasteiger partial charge in [0.25, 0.3) is 0 Å². The average Bonchev–Trinajstić information content (AvgIpc) is 2.88. The molecular formula is C15H26N4O3S. The number of rotatable bonds is 4. The monoisotopic (exact) mass is 342 g/mol. The third-order valence-electron chi connectivity index (χ3n) is 5.14. The van der Waals surface area contributed by atoms with Crippen LogP contribution in [0.5, 0.6) is 0 Å². The number of likely N-dealkylation sites (tertiary alicyclic amines) is 1. The first-order valence-corrected chi connectivity index (χ1v) is 10.0. The van der Waals surface area contributed by atoms with Crippen LogP contribution in [0.3, 0.4) is 0 Å². The van der Waals surface area contributed by atoms with Gasteiger partial charge in [0.05, 0.1) is 25.1 Å². The fourth-order valence-electron chi connectivity index (χ4n) is 3.81. The van der Waals surface area contributed by atoms with E-state index >= 15 is 0 Å². The lowest BCUT2D eigenvalue weighted by Gasteiger charge is -2.48. The zero-order chi connectivity index (χ0) is 16.5. The Hall–Kier alpha value is -0.960. The lowest BCUT2D eigenvalue weighted by molar-refractivity contribution is -0.0445. The van der Waals surface area contributed by atoms with Gasteiger partial charge in [-0.15, -0.1) is 0 Å². The van der Waals surface area contributed by atoms with Crippen molar-refractivity contribution in [2.24, 2.45) is 12.5 Å². The minimum Gasteiger partial charge on any atom is -0.380 e. The number of aryl methyl sites for hydroxylation is 1. The molecule has 0 saturated carbocycles. The Bertz CT molecular complexity index is 635. The highest BCUT2D eigenvalue weighted by atomic mass is 32.2. The number of aromatic nitrogens is 2. The molecule has 8 heteroatoms. The molecule has 0 aromatic carbocycles. The standard InChI is InChI=1S/C15H26N4O3S/c1-18-10-13(9-16-18)11-19-6-3-15(4-7-19)5-8-22-12-14(15)17-23(2,20)21/h9-10,14,17H,3-8,11-12H2,1-2H3/t14-/m1/s1. The minimum absolute atomic E-state index is 0.0345. The number of sulfonamides is 1. The van der Waals surface area contributed by atoms with Gasteiger partial charge >= 0.3 is 0 Å². The summed E-state index contributed by atoms with van der Waals surface area (Å²) in [5.41, 5.74) is 1.26. The smallest absolute Gasteiger partial charge is 0.209 e. The zero-order valence-corrected chi connectivity index (χ0v) is 14.7. The Morgan fingerprint density at radius 1 is 1.39 bits per heavy atom. The van der Waals surface area contributed by atoms with E-state index in [1.165, 1.54) is 11.8 Å². The van der Waals surface area contributed by atoms with E-state index in [9.17, 15) is 8.42 Å². The van der Waals surface area contributed by atoms with Gasteiger partial charge in [-0.25, -0.2) is 13.1 Å². The van der Waals surface area contributed by atoms with Crippen LogP contribution in [0.2, 0.25) is 0 Å². The fraction of sp³-hybridized carbons (Fsp3) is 0.800. The molecule has 23 heavy (non-hydrogen) atoms. The molecule has 1 aromatic heterocycles. The summed E-state index contributed by atoms with van der Waals surface area (Å²) in [6.45, 7) is 4.08. The zero-order valence-electron chi connectivity index (χ0n) is 13.9. The summed E-state index contributed by atoms with van der Waals surface area (Å²) in [7, 11) is -1.28. The number of ether oxygens (including phenoxy) is 1. The van der Waals surface area contributed by atoms with Crippen molar-refractivity contribution in [2.45, 2.75) is 31.8 Å². The van der Waals surface area contributed by atoms with E-state index in [4.69, 9.17) is 4.74 Å². The Labute approximate surface area is 138 Å². The maximum absolute atomic E-state index is 11.6. The molecule has 1 aromatic rings. The van der Waals surface area contributed by atoms with E-state index in [-0.39, 0.29) is 11.5 Å². The summed E-state index contributed by atoms with van der Waals surface area (Å²) in [5, 5.41) is 4.21. The quantitative estimate of drug-likeness (QED) is 0.854. The van der Waals surface area contributed by atoms with Gasteiger partial charge in [0, 0.05) is 32.0 Å². The van der Waals surface area contributed by atoms with E-state index in [0.29, 0.717) is 6.61 Å². The van der Waals surface area contributed by atoms with Gasteiger partial charge in [0.1, 0.15) is 0 Å². The molecule has 2 fully saturated rings. The number of nitrogens with zero attached hydrogens (tertiary/aromatic N) is 3. The maximum Gasteiger partial charge on any atom is 0.209 e. The van der Waals surface area contributed by atoms with Crippen LogP contribution in [0.4, 0.5) is 0 Å². The fourth-order valence-corrected chi connectivity index (χ4v) is 4.65. The van der Waals surface area contributed by atoms with Crippen molar-refractivity contribution in [3.8, 4) is 0 Å². The molecule has 2 aliphatic rings. The molecule has 0 unspecified atom stereocenters. The molecule has 1 spiro atoms. The van der Waals surface area contributed by atoms with Crippen molar-refractivity contribution >= 4 is 10.0 Å². The van der Waals surface area contributed by atoms with Crippen LogP contribution in [-0.4, -0.2) is 61.7 Å². The second-order valence-electron chi connectivity index (χ2n) is 6.93. The highest BCUT2D eigenvalue weighted by molar-refractivity contribution is 7.88. The first-order valence-electron chi connectivity index (χ1n) is 8.11. The van der Waals surface area contributed by atoms with Crippen molar-refractivity contribution < 1.29 is 13.2 Å². The van der Waals surface area contributed by atoms with Gasteiger partial charge in [0.2, 0.25) is 10.0 Å². The predicted molar refractivity (Wildman–Crippen MR) is 87.4 cm³/mol. The van der Waals surface area contributed by atoms with Crippen molar-refractivity contribution in [3.05, 3.63) is 18.0 Å². The molecule has 0 radical (unpaired) electrons. The van der Waals surface area contributed by atoms with Gasteiger partial charge in [-0.1, -0.05) is 0 Å². The minimum atomic E-state index is -3.21. The second-order valence-corrected chi connectivity index (χ2v) is 8.71. The van der Waals surface area contributed by atoms with E-state index < -0.39 is 10.0 Å². The van der Waals surface area contributed by atoms with Gasteiger partial charge in [0.15, 0.2) is 0 Å². The van der Waals surface area contributed by atoms with Crippen molar-refractivity contribution in [1.29, 1.82) is 0 Å². The first kappa shape index (κ1) is 16.9. The van der Waals surface area contributed by atoms with Crippen LogP contribution >= 0.6 is 0 Å². The van der Waals surface area contributed by atoms with Crippen molar-refractivity contribution in [3.63, 3.8) is 0 Å². The largest absolute Gasteiger partial charge is 0.380 e. The molecule has 3 heterocycles. The van der Waals surface area contributed by atoms with Crippen LogP contribution in [0.1, 0.15) is 24.8 Å². The molecule has 3 rings (SSSR count). The number of nitrogens with one attached hydrogen (secondary N) is 1. The van der Waals surface area contributed by atoms with Crippen molar-refractivity contribution in [1.82, 2.24) is 19.4 Å². The molecule has 0 bridgehead atoms. The van der Waals surface area contributed by atoms with Gasteiger partial charge in [-0.3, -0.25) is 9.58 Å². The highest BCUT2D eigenvalue weighted by Gasteiger charge is 2.44. The SMILES string of the molecule is Cn1cc(CN2CCC3(CCOC[C@H]3NS(C)(=O)=O)CC2)cn1. The van der Waals surface area contributed by atoms with Crippen LogP contribution in [0.15, 0.2) is 12.4 Å². The number of hydrogen-bond acceptors (Lipinski definition) is 5. The molecule has 1 atom stereocenters. The van der Waals surface area contributed by atoms with Gasteiger partial charge in [-0.2, -0.15) is 5.10 Å². The van der Waals surface area contributed by atoms with E-state index in [1.807, 2.05) is 24.1 Å². The molecule has 0 aliphatic carbocycles. The summed E-state index contributed by atoms with van der Waals surface area (Å²) >= 11 is 0. The highest BCUT2D eigenvalue weighted by Crippen LogP contribution is 2.41. The Kier molecular flexibility index (Phi) is 4.78. The lowest BCUT2D eigenvalue weighted by atomic mass is 9.69. The summed E-state index contributed by atoms with van der Waals surface area (Å²) < 4.78 is 33.4. The second kappa shape index (κ2) is 6.51. The number of piperidine rings is 1. The Morgan fingerprint density at radius 2 is 2.13 bits per heavy atom. The third kappa shape index (κ3) is 4.12. The molecule has 2 saturated heterocycles. The van der Waals surface area contributed by atoms with E-state index in [0.717, 1.165) is 45.5 Å². The Morgan fingerprint density at radius 3 is 2.74 bits per heavy atom. The average molecular weight is 342 g/mol.